The topological polar surface area (TPSA) is 79.5 Å². The van der Waals surface area contributed by atoms with Crippen LogP contribution in [0.15, 0.2) is 36.7 Å². The predicted molar refractivity (Wildman–Crippen MR) is 110 cm³/mol. The normalized spacial score (nSPS) is 20.1. The summed E-state index contributed by atoms with van der Waals surface area (Å²) in [6.45, 7) is 4.48. The lowest BCUT2D eigenvalue weighted by atomic mass is 10.0. The van der Waals surface area contributed by atoms with Gasteiger partial charge < -0.3 is 19.8 Å². The van der Waals surface area contributed by atoms with Gasteiger partial charge in [0.25, 0.3) is 0 Å². The summed E-state index contributed by atoms with van der Waals surface area (Å²) in [5.41, 5.74) is 1.73. The number of hydrogen-bond acceptors (Lipinski definition) is 7. The van der Waals surface area contributed by atoms with Crippen LogP contribution in [0.2, 0.25) is 0 Å². The number of piperazine rings is 1. The summed E-state index contributed by atoms with van der Waals surface area (Å²) in [5, 5.41) is 19.0. The molecule has 2 aliphatic rings. The fraction of sp³-hybridized carbons (Fsp3) is 0.476. The molecule has 2 saturated heterocycles. The van der Waals surface area contributed by atoms with Gasteiger partial charge in [0.05, 0.1) is 23.9 Å². The minimum absolute atomic E-state index is 0.149. The number of hydrogen-bond donors (Lipinski definition) is 1. The molecule has 1 atom stereocenters. The van der Waals surface area contributed by atoms with Crippen LogP contribution in [0.3, 0.4) is 0 Å². The summed E-state index contributed by atoms with van der Waals surface area (Å²) < 4.78 is 0. The minimum atomic E-state index is 0.149. The van der Waals surface area contributed by atoms with Crippen LogP contribution in [-0.2, 0) is 0 Å². The molecule has 146 valence electrons. The fourth-order valence-corrected chi connectivity index (χ4v) is 4.18. The highest BCUT2D eigenvalue weighted by Crippen LogP contribution is 2.27. The number of nitrogens with zero attached hydrogens (tertiary/aromatic N) is 6. The molecule has 0 bridgehead atoms. The smallest absolute Gasteiger partial charge is 0.134 e. The lowest BCUT2D eigenvalue weighted by molar-refractivity contribution is 0.239. The van der Waals surface area contributed by atoms with E-state index in [1.165, 1.54) is 0 Å². The van der Waals surface area contributed by atoms with Gasteiger partial charge in [-0.25, -0.2) is 9.97 Å². The van der Waals surface area contributed by atoms with E-state index in [-0.39, 0.29) is 12.6 Å². The second kappa shape index (κ2) is 8.44. The summed E-state index contributed by atoms with van der Waals surface area (Å²) in [6, 6.07) is 12.3. The van der Waals surface area contributed by atoms with Crippen molar-refractivity contribution in [3.63, 3.8) is 0 Å². The van der Waals surface area contributed by atoms with E-state index >= 15 is 0 Å². The molecule has 2 aliphatic heterocycles. The van der Waals surface area contributed by atoms with E-state index in [0.29, 0.717) is 0 Å². The Hall–Kier alpha value is -2.85. The largest absolute Gasteiger partial charge is 0.394 e. The predicted octanol–water partition coefficient (Wildman–Crippen LogP) is 2.03. The third-order valence-corrected chi connectivity index (χ3v) is 5.74. The maximum atomic E-state index is 9.70. The lowest BCUT2D eigenvalue weighted by Crippen LogP contribution is -2.47. The van der Waals surface area contributed by atoms with E-state index in [4.69, 9.17) is 0 Å². The Balaban J connectivity index is 1.46. The Bertz CT molecular complexity index is 843. The third-order valence-electron chi connectivity index (χ3n) is 5.74. The number of rotatable bonds is 4. The first-order chi connectivity index (χ1) is 13.8. The van der Waals surface area contributed by atoms with Crippen LogP contribution in [0.4, 0.5) is 17.3 Å². The summed E-state index contributed by atoms with van der Waals surface area (Å²) in [5.74, 6) is 1.83. The zero-order chi connectivity index (χ0) is 19.3. The van der Waals surface area contributed by atoms with Crippen molar-refractivity contribution < 1.29 is 5.11 Å². The van der Waals surface area contributed by atoms with Crippen molar-refractivity contribution in [1.29, 1.82) is 5.26 Å². The molecule has 0 radical (unpaired) electrons. The number of para-hydroxylation sites is 1. The van der Waals surface area contributed by atoms with Crippen LogP contribution in [0.1, 0.15) is 24.8 Å². The number of anilines is 3. The summed E-state index contributed by atoms with van der Waals surface area (Å²) in [7, 11) is 0. The summed E-state index contributed by atoms with van der Waals surface area (Å²) in [6.07, 6.45) is 4.93. The fourth-order valence-electron chi connectivity index (χ4n) is 4.18. The highest BCUT2D eigenvalue weighted by Gasteiger charge is 2.25. The number of aliphatic hydroxyl groups is 1. The quantitative estimate of drug-likeness (QED) is 0.872. The van der Waals surface area contributed by atoms with Gasteiger partial charge in [-0.2, -0.15) is 5.26 Å². The van der Waals surface area contributed by atoms with Crippen LogP contribution >= 0.6 is 0 Å². The van der Waals surface area contributed by atoms with Crippen LogP contribution in [0, 0.1) is 11.3 Å². The summed E-state index contributed by atoms with van der Waals surface area (Å²) >= 11 is 0. The zero-order valence-corrected chi connectivity index (χ0v) is 16.0. The molecule has 7 heteroatoms. The standard InChI is InChI=1S/C21H26N6O/c22-14-17-5-1-2-7-19(17)25-9-11-26(12-10-25)20-13-21(24-16-23-20)27-8-4-3-6-18(27)15-28/h1-2,5,7,13,16,18,28H,3-4,6,8-12,15H2. The molecule has 1 aromatic carbocycles. The van der Waals surface area contributed by atoms with Gasteiger partial charge in [0, 0.05) is 38.8 Å². The van der Waals surface area contributed by atoms with Gasteiger partial charge in [0.1, 0.15) is 24.0 Å². The number of aromatic nitrogens is 2. The van der Waals surface area contributed by atoms with Crippen molar-refractivity contribution in [2.24, 2.45) is 0 Å². The molecule has 0 saturated carbocycles. The molecule has 0 spiro atoms. The molecule has 3 heterocycles. The second-order valence-electron chi connectivity index (χ2n) is 7.36. The number of aliphatic hydroxyl groups excluding tert-OH is 1. The van der Waals surface area contributed by atoms with E-state index in [1.54, 1.807) is 6.33 Å². The van der Waals surface area contributed by atoms with E-state index in [2.05, 4.69) is 30.7 Å². The maximum Gasteiger partial charge on any atom is 0.134 e. The van der Waals surface area contributed by atoms with Crippen molar-refractivity contribution in [2.75, 3.05) is 54.0 Å². The molecular weight excluding hydrogens is 352 g/mol. The van der Waals surface area contributed by atoms with E-state index in [0.717, 1.165) is 74.9 Å². The molecular formula is C21H26N6O. The zero-order valence-electron chi connectivity index (χ0n) is 16.0. The van der Waals surface area contributed by atoms with Crippen LogP contribution < -0.4 is 14.7 Å². The van der Waals surface area contributed by atoms with Crippen molar-refractivity contribution >= 4 is 17.3 Å². The van der Waals surface area contributed by atoms with E-state index in [1.807, 2.05) is 30.3 Å². The van der Waals surface area contributed by atoms with Crippen molar-refractivity contribution in [3.05, 3.63) is 42.2 Å². The molecule has 1 N–H and O–H groups in total. The lowest BCUT2D eigenvalue weighted by Gasteiger charge is -2.38. The molecule has 28 heavy (non-hydrogen) atoms. The van der Waals surface area contributed by atoms with Crippen molar-refractivity contribution in [1.82, 2.24) is 9.97 Å². The number of benzene rings is 1. The average molecular weight is 378 g/mol. The summed E-state index contributed by atoms with van der Waals surface area (Å²) in [4.78, 5) is 15.7. The molecule has 7 nitrogen and oxygen atoms in total. The van der Waals surface area contributed by atoms with Gasteiger partial charge in [-0.3, -0.25) is 0 Å². The Labute approximate surface area is 165 Å². The minimum Gasteiger partial charge on any atom is -0.394 e. The van der Waals surface area contributed by atoms with Crippen LogP contribution in [-0.4, -0.2) is 60.4 Å². The maximum absolute atomic E-state index is 9.70. The van der Waals surface area contributed by atoms with E-state index < -0.39 is 0 Å². The van der Waals surface area contributed by atoms with Gasteiger partial charge in [-0.15, -0.1) is 0 Å². The first-order valence-corrected chi connectivity index (χ1v) is 9.98. The molecule has 2 aromatic rings. The highest BCUT2D eigenvalue weighted by atomic mass is 16.3. The van der Waals surface area contributed by atoms with Gasteiger partial charge >= 0.3 is 0 Å². The second-order valence-corrected chi connectivity index (χ2v) is 7.36. The van der Waals surface area contributed by atoms with Crippen LogP contribution in [0.5, 0.6) is 0 Å². The Morgan fingerprint density at radius 1 is 1.00 bits per heavy atom. The molecule has 1 unspecified atom stereocenters. The SMILES string of the molecule is N#Cc1ccccc1N1CCN(c2cc(N3CCCCC3CO)ncn2)CC1. The van der Waals surface area contributed by atoms with Gasteiger partial charge in [0.15, 0.2) is 0 Å². The van der Waals surface area contributed by atoms with Crippen molar-refractivity contribution in [3.8, 4) is 6.07 Å². The third kappa shape index (κ3) is 3.73. The van der Waals surface area contributed by atoms with Gasteiger partial charge in [-0.1, -0.05) is 12.1 Å². The van der Waals surface area contributed by atoms with Gasteiger partial charge in [0.2, 0.25) is 0 Å². The number of nitriles is 1. The molecule has 1 aromatic heterocycles. The monoisotopic (exact) mass is 378 g/mol. The Morgan fingerprint density at radius 2 is 1.75 bits per heavy atom. The van der Waals surface area contributed by atoms with E-state index in [9.17, 15) is 10.4 Å². The number of piperidine rings is 1. The first-order valence-electron chi connectivity index (χ1n) is 9.98. The Kier molecular flexibility index (Phi) is 5.58. The molecule has 4 rings (SSSR count). The van der Waals surface area contributed by atoms with Crippen LogP contribution in [0.25, 0.3) is 0 Å². The average Bonchev–Trinajstić information content (AvgIpc) is 2.79. The highest BCUT2D eigenvalue weighted by molar-refractivity contribution is 5.60. The first kappa shape index (κ1) is 18.5. The molecule has 0 aliphatic carbocycles. The Morgan fingerprint density at radius 3 is 2.54 bits per heavy atom. The molecule has 0 amide bonds. The van der Waals surface area contributed by atoms with Gasteiger partial charge in [-0.05, 0) is 31.4 Å². The van der Waals surface area contributed by atoms with Crippen molar-refractivity contribution in [2.45, 2.75) is 25.3 Å². The molecule has 2 fully saturated rings.